The van der Waals surface area contributed by atoms with E-state index in [-0.39, 0.29) is 0 Å². The number of fused-ring (bicyclic) bond motifs is 2. The number of anilines is 1. The molecule has 0 N–H and O–H groups in total. The third-order valence-electron chi connectivity index (χ3n) is 7.30. The van der Waals surface area contributed by atoms with Gasteiger partial charge in [-0.05, 0) is 45.8 Å². The van der Waals surface area contributed by atoms with Crippen LogP contribution in [0.4, 0.5) is 5.69 Å². The smallest absolute Gasteiger partial charge is 0.0590 e. The van der Waals surface area contributed by atoms with E-state index in [2.05, 4.69) is 180 Å². The van der Waals surface area contributed by atoms with E-state index in [9.17, 15) is 0 Å². The van der Waals surface area contributed by atoms with Gasteiger partial charge in [0.05, 0.1) is 16.1 Å². The van der Waals surface area contributed by atoms with Crippen LogP contribution in [0, 0.1) is 0 Å². The molecule has 1 nitrogen and oxygen atoms in total. The number of hydrogen-bond acceptors (Lipinski definition) is 1. The van der Waals surface area contributed by atoms with Crippen LogP contribution in [0.15, 0.2) is 176 Å². The van der Waals surface area contributed by atoms with Crippen molar-refractivity contribution in [2.24, 2.45) is 0 Å². The summed E-state index contributed by atoms with van der Waals surface area (Å²) in [6, 6.07) is 64.5. The zero-order valence-corrected chi connectivity index (χ0v) is 24.4. The standard InChI is InChI=1S/C38H29NP2/c1-5-17-35(18-6-1)40(36-19-7-2-8-20-36)39(41(37-21-9-3-10-22-37)38-23-11-4-12-24-38)34-26-25-32-27-30-15-13-14-16-31(30)28-33(32)29-34/h1-29H. The fourth-order valence-corrected chi connectivity index (χ4v) is 11.3. The normalized spacial score (nSPS) is 11.4. The second-order valence-corrected chi connectivity index (χ2v) is 14.4. The fraction of sp³-hybridized carbons (Fsp3) is 0. The molecule has 7 rings (SSSR count). The summed E-state index contributed by atoms with van der Waals surface area (Å²) < 4.78 is 2.74. The largest absolute Gasteiger partial charge is 0.313 e. The summed E-state index contributed by atoms with van der Waals surface area (Å²) in [7, 11) is -1.81. The van der Waals surface area contributed by atoms with E-state index >= 15 is 0 Å². The average Bonchev–Trinajstić information content (AvgIpc) is 3.05. The van der Waals surface area contributed by atoms with Crippen molar-refractivity contribution >= 4 is 64.6 Å². The van der Waals surface area contributed by atoms with E-state index in [1.54, 1.807) is 0 Å². The van der Waals surface area contributed by atoms with Crippen molar-refractivity contribution in [1.82, 2.24) is 0 Å². The van der Waals surface area contributed by atoms with E-state index in [1.807, 2.05) is 0 Å². The molecule has 0 bridgehead atoms. The van der Waals surface area contributed by atoms with Gasteiger partial charge in [-0.2, -0.15) is 0 Å². The van der Waals surface area contributed by atoms with Gasteiger partial charge >= 0.3 is 0 Å². The molecule has 0 radical (unpaired) electrons. The molecule has 0 aliphatic rings. The third-order valence-corrected chi connectivity index (χ3v) is 12.7. The first kappa shape index (κ1) is 25.7. The van der Waals surface area contributed by atoms with E-state index in [1.165, 1.54) is 48.5 Å². The lowest BCUT2D eigenvalue weighted by Gasteiger charge is -2.40. The topological polar surface area (TPSA) is 3.24 Å². The molecule has 0 atom stereocenters. The Kier molecular flexibility index (Phi) is 7.31. The second kappa shape index (κ2) is 11.7. The van der Waals surface area contributed by atoms with Crippen molar-refractivity contribution in [3.05, 3.63) is 176 Å². The summed E-state index contributed by atoms with van der Waals surface area (Å²) >= 11 is 0. The Morgan fingerprint density at radius 2 is 0.634 bits per heavy atom. The molecule has 0 saturated carbocycles. The number of hydrogen-bond donors (Lipinski definition) is 0. The van der Waals surface area contributed by atoms with Crippen LogP contribution in [0.25, 0.3) is 21.5 Å². The zero-order valence-electron chi connectivity index (χ0n) is 22.6. The van der Waals surface area contributed by atoms with Gasteiger partial charge in [0.15, 0.2) is 0 Å². The predicted octanol–water partition coefficient (Wildman–Crippen LogP) is 8.90. The van der Waals surface area contributed by atoms with Gasteiger partial charge in [0.25, 0.3) is 0 Å². The van der Waals surface area contributed by atoms with Crippen molar-refractivity contribution in [3.63, 3.8) is 0 Å². The molecular formula is C38H29NP2. The molecule has 0 spiro atoms. The quantitative estimate of drug-likeness (QED) is 0.139. The molecule has 0 heterocycles. The van der Waals surface area contributed by atoms with Crippen LogP contribution in [-0.2, 0) is 0 Å². The van der Waals surface area contributed by atoms with E-state index in [4.69, 9.17) is 0 Å². The summed E-state index contributed by atoms with van der Waals surface area (Å²) in [5, 5.41) is 10.4. The Hall–Kier alpha value is -4.28. The Balaban J connectivity index is 1.52. The van der Waals surface area contributed by atoms with Crippen LogP contribution in [0.5, 0.6) is 0 Å². The van der Waals surface area contributed by atoms with Crippen molar-refractivity contribution in [2.75, 3.05) is 4.44 Å². The van der Waals surface area contributed by atoms with Crippen molar-refractivity contribution in [3.8, 4) is 0 Å². The molecular weight excluding hydrogens is 532 g/mol. The summed E-state index contributed by atoms with van der Waals surface area (Å²) in [6.07, 6.45) is 0. The lowest BCUT2D eigenvalue weighted by atomic mass is 10.0. The highest BCUT2D eigenvalue weighted by molar-refractivity contribution is 7.90. The summed E-state index contributed by atoms with van der Waals surface area (Å²) in [6.45, 7) is 0. The first-order valence-corrected chi connectivity index (χ1v) is 16.5. The molecule has 0 amide bonds. The molecule has 0 aliphatic heterocycles. The molecule has 41 heavy (non-hydrogen) atoms. The minimum atomic E-state index is -0.905. The van der Waals surface area contributed by atoms with Crippen LogP contribution in [-0.4, -0.2) is 0 Å². The minimum Gasteiger partial charge on any atom is -0.313 e. The Bertz CT molecular complexity index is 1730. The van der Waals surface area contributed by atoms with Gasteiger partial charge in [-0.1, -0.05) is 152 Å². The minimum absolute atomic E-state index is 0.905. The van der Waals surface area contributed by atoms with Gasteiger partial charge < -0.3 is 4.44 Å². The monoisotopic (exact) mass is 561 g/mol. The molecule has 0 aliphatic carbocycles. The summed E-state index contributed by atoms with van der Waals surface area (Å²) in [5.74, 6) is 0. The second-order valence-electron chi connectivity index (χ2n) is 9.99. The number of rotatable bonds is 7. The molecule has 0 unspecified atom stereocenters. The molecule has 0 fully saturated rings. The molecule has 7 aromatic rings. The highest BCUT2D eigenvalue weighted by Gasteiger charge is 2.32. The Labute approximate surface area is 244 Å². The maximum atomic E-state index is 2.74. The predicted molar refractivity (Wildman–Crippen MR) is 182 cm³/mol. The first-order valence-electron chi connectivity index (χ1n) is 13.9. The van der Waals surface area contributed by atoms with E-state index < -0.39 is 16.1 Å². The van der Waals surface area contributed by atoms with Gasteiger partial charge in [-0.3, -0.25) is 0 Å². The first-order chi connectivity index (χ1) is 20.3. The molecule has 0 saturated heterocycles. The maximum absolute atomic E-state index is 2.74. The number of nitrogens with zero attached hydrogens (tertiary/aromatic N) is 1. The molecule has 3 heteroatoms. The van der Waals surface area contributed by atoms with Gasteiger partial charge in [-0.25, -0.2) is 0 Å². The molecule has 7 aromatic carbocycles. The third kappa shape index (κ3) is 5.28. The maximum Gasteiger partial charge on any atom is 0.0590 e. The zero-order chi connectivity index (χ0) is 27.4. The van der Waals surface area contributed by atoms with Crippen LogP contribution < -0.4 is 25.7 Å². The van der Waals surface area contributed by atoms with E-state index in [0.717, 1.165) is 0 Å². The Morgan fingerprint density at radius 1 is 0.293 bits per heavy atom. The highest BCUT2D eigenvalue weighted by atomic mass is 31.2. The van der Waals surface area contributed by atoms with Crippen molar-refractivity contribution < 1.29 is 0 Å². The fourth-order valence-electron chi connectivity index (χ4n) is 5.38. The van der Waals surface area contributed by atoms with Crippen LogP contribution in [0.2, 0.25) is 0 Å². The van der Waals surface area contributed by atoms with Crippen LogP contribution >= 0.6 is 16.1 Å². The molecule has 196 valence electrons. The van der Waals surface area contributed by atoms with E-state index in [0.29, 0.717) is 0 Å². The van der Waals surface area contributed by atoms with Crippen LogP contribution in [0.3, 0.4) is 0 Å². The van der Waals surface area contributed by atoms with Gasteiger partial charge in [0, 0.05) is 26.9 Å². The molecule has 0 aromatic heterocycles. The van der Waals surface area contributed by atoms with Gasteiger partial charge in [-0.15, -0.1) is 0 Å². The lowest BCUT2D eigenvalue weighted by molar-refractivity contribution is 1.59. The number of benzene rings is 7. The summed E-state index contributed by atoms with van der Waals surface area (Å²) in [5.41, 5.74) is 1.24. The summed E-state index contributed by atoms with van der Waals surface area (Å²) in [4.78, 5) is 0. The van der Waals surface area contributed by atoms with Crippen LogP contribution in [0.1, 0.15) is 0 Å². The SMILES string of the molecule is c1ccc(P(c2ccccc2)N(c2ccc3cc4ccccc4cc3c2)P(c2ccccc2)c2ccccc2)cc1. The Morgan fingerprint density at radius 3 is 1.05 bits per heavy atom. The lowest BCUT2D eigenvalue weighted by Crippen LogP contribution is -2.31. The van der Waals surface area contributed by atoms with Gasteiger partial charge in [0.2, 0.25) is 0 Å². The average molecular weight is 562 g/mol. The van der Waals surface area contributed by atoms with Crippen molar-refractivity contribution in [2.45, 2.75) is 0 Å². The highest BCUT2D eigenvalue weighted by Crippen LogP contribution is 2.57. The van der Waals surface area contributed by atoms with Gasteiger partial charge in [0.1, 0.15) is 0 Å². The van der Waals surface area contributed by atoms with Crippen molar-refractivity contribution in [1.29, 1.82) is 0 Å².